The molecule has 0 heterocycles. The molecule has 0 saturated heterocycles. The molecule has 25 heavy (non-hydrogen) atoms. The summed E-state index contributed by atoms with van der Waals surface area (Å²) in [4.78, 5) is 23.3. The average molecular weight is 341 g/mol. The molecular formula is C18H16FN3O3. The smallest absolute Gasteiger partial charge is 0.276 e. The molecule has 0 saturated carbocycles. The molecule has 0 radical (unpaired) electrons. The lowest BCUT2D eigenvalue weighted by Crippen LogP contribution is -2.43. The van der Waals surface area contributed by atoms with Crippen molar-refractivity contribution in [2.24, 2.45) is 0 Å². The first-order valence-corrected chi connectivity index (χ1v) is 7.52. The normalized spacial score (nSPS) is 9.76. The van der Waals surface area contributed by atoms with E-state index in [-0.39, 0.29) is 25.3 Å². The summed E-state index contributed by atoms with van der Waals surface area (Å²) in [7, 11) is 0. The van der Waals surface area contributed by atoms with Crippen molar-refractivity contribution in [1.29, 1.82) is 5.26 Å². The Labute approximate surface area is 144 Å². The molecule has 2 N–H and O–H groups in total. The van der Waals surface area contributed by atoms with E-state index in [0.717, 1.165) is 0 Å². The molecule has 7 heteroatoms. The Kier molecular flexibility index (Phi) is 6.48. The maximum atomic E-state index is 13.4. The Balaban J connectivity index is 1.67. The van der Waals surface area contributed by atoms with Gasteiger partial charge in [-0.1, -0.05) is 18.2 Å². The highest BCUT2D eigenvalue weighted by Gasteiger charge is 2.08. The maximum absolute atomic E-state index is 13.4. The molecule has 2 aromatic rings. The van der Waals surface area contributed by atoms with Crippen molar-refractivity contribution in [3.05, 3.63) is 65.5 Å². The van der Waals surface area contributed by atoms with Gasteiger partial charge in [-0.25, -0.2) is 4.39 Å². The number of rotatable bonds is 6. The zero-order valence-corrected chi connectivity index (χ0v) is 13.3. The van der Waals surface area contributed by atoms with Crippen LogP contribution in [-0.2, 0) is 16.0 Å². The number of nitriles is 1. The number of hydrazine groups is 1. The Morgan fingerprint density at radius 2 is 1.72 bits per heavy atom. The van der Waals surface area contributed by atoms with E-state index >= 15 is 0 Å². The highest BCUT2D eigenvalue weighted by molar-refractivity contribution is 5.82. The molecule has 0 aliphatic rings. The second-order valence-corrected chi connectivity index (χ2v) is 5.11. The first-order valence-electron chi connectivity index (χ1n) is 7.52. The summed E-state index contributed by atoms with van der Waals surface area (Å²) in [6.45, 7) is -0.292. The number of amides is 2. The van der Waals surface area contributed by atoms with Crippen molar-refractivity contribution in [3.8, 4) is 11.8 Å². The number of aryl methyl sites for hydroxylation is 1. The van der Waals surface area contributed by atoms with Crippen LogP contribution in [0.15, 0.2) is 48.5 Å². The van der Waals surface area contributed by atoms with Gasteiger partial charge < -0.3 is 4.74 Å². The van der Waals surface area contributed by atoms with Crippen LogP contribution in [0.5, 0.6) is 5.75 Å². The van der Waals surface area contributed by atoms with E-state index in [2.05, 4.69) is 10.9 Å². The van der Waals surface area contributed by atoms with Gasteiger partial charge in [0.05, 0.1) is 11.6 Å². The zero-order chi connectivity index (χ0) is 18.1. The molecular weight excluding hydrogens is 325 g/mol. The number of halogens is 1. The summed E-state index contributed by atoms with van der Waals surface area (Å²) in [5, 5.41) is 8.68. The second-order valence-electron chi connectivity index (χ2n) is 5.11. The minimum atomic E-state index is -0.538. The molecule has 0 atom stereocenters. The van der Waals surface area contributed by atoms with E-state index < -0.39 is 11.8 Å². The fourth-order valence-electron chi connectivity index (χ4n) is 1.96. The Bertz CT molecular complexity index is 785. The van der Waals surface area contributed by atoms with Gasteiger partial charge in [-0.15, -0.1) is 0 Å². The molecule has 0 spiro atoms. The van der Waals surface area contributed by atoms with E-state index in [1.54, 1.807) is 42.5 Å². The van der Waals surface area contributed by atoms with Crippen LogP contribution in [0.2, 0.25) is 0 Å². The van der Waals surface area contributed by atoms with E-state index in [9.17, 15) is 14.0 Å². The monoisotopic (exact) mass is 341 g/mol. The summed E-state index contributed by atoms with van der Waals surface area (Å²) >= 11 is 0. The first kappa shape index (κ1) is 17.9. The van der Waals surface area contributed by atoms with Crippen LogP contribution in [-0.4, -0.2) is 18.4 Å². The van der Waals surface area contributed by atoms with E-state index in [0.29, 0.717) is 16.9 Å². The summed E-state index contributed by atoms with van der Waals surface area (Å²) in [5.41, 5.74) is 5.38. The molecule has 6 nitrogen and oxygen atoms in total. The highest BCUT2D eigenvalue weighted by Crippen LogP contribution is 2.11. The predicted octanol–water partition coefficient (Wildman–Crippen LogP) is 1.86. The minimum absolute atomic E-state index is 0.0394. The topological polar surface area (TPSA) is 91.2 Å². The molecule has 2 amide bonds. The third-order valence-corrected chi connectivity index (χ3v) is 3.27. The number of benzene rings is 2. The number of carbonyl (C=O) groups excluding carboxylic acids is 2. The maximum Gasteiger partial charge on any atom is 0.276 e. The number of nitrogens with one attached hydrogen (secondary N) is 2. The lowest BCUT2D eigenvalue weighted by Gasteiger charge is -2.09. The summed E-state index contributed by atoms with van der Waals surface area (Å²) in [6.07, 6.45) is 0.272. The molecule has 128 valence electrons. The first-order chi connectivity index (χ1) is 12.1. The van der Waals surface area contributed by atoms with Gasteiger partial charge in [-0.05, 0) is 42.3 Å². The van der Waals surface area contributed by atoms with Crippen LogP contribution < -0.4 is 15.6 Å². The number of hydrogen-bond acceptors (Lipinski definition) is 4. The fourth-order valence-corrected chi connectivity index (χ4v) is 1.96. The van der Waals surface area contributed by atoms with Gasteiger partial charge in [0.25, 0.3) is 5.91 Å². The van der Waals surface area contributed by atoms with Crippen molar-refractivity contribution in [1.82, 2.24) is 10.9 Å². The van der Waals surface area contributed by atoms with Crippen molar-refractivity contribution in [2.75, 3.05) is 6.61 Å². The van der Waals surface area contributed by atoms with Crippen LogP contribution >= 0.6 is 0 Å². The second kappa shape index (κ2) is 9.03. The third-order valence-electron chi connectivity index (χ3n) is 3.27. The van der Waals surface area contributed by atoms with Crippen LogP contribution in [0, 0.1) is 17.1 Å². The van der Waals surface area contributed by atoms with Crippen LogP contribution in [0.4, 0.5) is 4.39 Å². The van der Waals surface area contributed by atoms with E-state index in [4.69, 9.17) is 10.00 Å². The van der Waals surface area contributed by atoms with Gasteiger partial charge in [-0.2, -0.15) is 5.26 Å². The summed E-state index contributed by atoms with van der Waals surface area (Å²) in [6, 6.07) is 14.4. The van der Waals surface area contributed by atoms with E-state index in [1.165, 1.54) is 6.07 Å². The average Bonchev–Trinajstić information content (AvgIpc) is 2.64. The number of nitrogens with zero attached hydrogens (tertiary/aromatic N) is 1. The summed E-state index contributed by atoms with van der Waals surface area (Å²) < 4.78 is 18.6. The van der Waals surface area contributed by atoms with Gasteiger partial charge in [0, 0.05) is 6.42 Å². The molecule has 2 rings (SSSR count). The number of ether oxygens (including phenoxy) is 1. The van der Waals surface area contributed by atoms with Crippen LogP contribution in [0.25, 0.3) is 0 Å². The van der Waals surface area contributed by atoms with Crippen molar-refractivity contribution in [3.63, 3.8) is 0 Å². The van der Waals surface area contributed by atoms with Gasteiger partial charge in [0.1, 0.15) is 11.6 Å². The number of hydrogen-bond donors (Lipinski definition) is 2. The molecule has 2 aromatic carbocycles. The van der Waals surface area contributed by atoms with Crippen LogP contribution in [0.1, 0.15) is 17.5 Å². The number of carbonyl (C=O) groups is 2. The van der Waals surface area contributed by atoms with Crippen molar-refractivity contribution >= 4 is 11.8 Å². The SMILES string of the molecule is N#Cc1ccc(OCC(=O)NNC(=O)CCc2ccccc2F)cc1. The largest absolute Gasteiger partial charge is 0.484 e. The van der Waals surface area contributed by atoms with Crippen molar-refractivity contribution in [2.45, 2.75) is 12.8 Å². The lowest BCUT2D eigenvalue weighted by molar-refractivity contribution is -0.130. The quantitative estimate of drug-likeness (QED) is 0.785. The summed E-state index contributed by atoms with van der Waals surface area (Å²) in [5.74, 6) is -0.909. The minimum Gasteiger partial charge on any atom is -0.484 e. The predicted molar refractivity (Wildman–Crippen MR) is 87.7 cm³/mol. The Morgan fingerprint density at radius 1 is 1.04 bits per heavy atom. The van der Waals surface area contributed by atoms with Gasteiger partial charge >= 0.3 is 0 Å². The van der Waals surface area contributed by atoms with E-state index in [1.807, 2.05) is 6.07 Å². The van der Waals surface area contributed by atoms with Gasteiger partial charge in [0.15, 0.2) is 6.61 Å². The van der Waals surface area contributed by atoms with Gasteiger partial charge in [0.2, 0.25) is 5.91 Å². The Hall–Kier alpha value is -3.40. The highest BCUT2D eigenvalue weighted by atomic mass is 19.1. The standard InChI is InChI=1S/C18H16FN3O3/c19-16-4-2-1-3-14(16)7-10-17(23)21-22-18(24)12-25-15-8-5-13(11-20)6-9-15/h1-6,8-9H,7,10,12H2,(H,21,23)(H,22,24). The van der Waals surface area contributed by atoms with Gasteiger partial charge in [-0.3, -0.25) is 20.4 Å². The lowest BCUT2D eigenvalue weighted by atomic mass is 10.1. The molecule has 0 fully saturated rings. The van der Waals surface area contributed by atoms with Crippen LogP contribution in [0.3, 0.4) is 0 Å². The molecule has 0 aliphatic carbocycles. The van der Waals surface area contributed by atoms with Crippen molar-refractivity contribution < 1.29 is 18.7 Å². The molecule has 0 aromatic heterocycles. The molecule has 0 bridgehead atoms. The molecule has 0 aliphatic heterocycles. The fraction of sp³-hybridized carbons (Fsp3) is 0.167. The Morgan fingerprint density at radius 3 is 2.40 bits per heavy atom. The third kappa shape index (κ3) is 5.95. The molecule has 0 unspecified atom stereocenters. The zero-order valence-electron chi connectivity index (χ0n) is 13.3.